The molecule has 0 saturated carbocycles. The van der Waals surface area contributed by atoms with Gasteiger partial charge in [0.25, 0.3) is 0 Å². The van der Waals surface area contributed by atoms with Crippen LogP contribution < -0.4 is 18.9 Å². The normalized spacial score (nSPS) is 16.6. The van der Waals surface area contributed by atoms with Crippen LogP contribution in [0.5, 0.6) is 23.0 Å². The number of carboxylic acid groups (broad SMARTS) is 1. The van der Waals surface area contributed by atoms with Crippen molar-refractivity contribution in [1.82, 2.24) is 0 Å². The van der Waals surface area contributed by atoms with Gasteiger partial charge in [0.1, 0.15) is 32.5 Å². The van der Waals surface area contributed by atoms with E-state index >= 15 is 0 Å². The summed E-state index contributed by atoms with van der Waals surface area (Å²) in [5, 5.41) is 9.62. The molecule has 0 aromatic heterocycles. The minimum atomic E-state index is -0.997. The smallest absolute Gasteiger partial charge is 0.332 e. The summed E-state index contributed by atoms with van der Waals surface area (Å²) < 4.78 is 35.1. The van der Waals surface area contributed by atoms with Gasteiger partial charge in [-0.15, -0.1) is 0 Å². The summed E-state index contributed by atoms with van der Waals surface area (Å²) in [4.78, 5) is 11.7. The van der Waals surface area contributed by atoms with Gasteiger partial charge < -0.3 is 33.5 Å². The molecule has 1 atom stereocenters. The molecule has 0 aliphatic carbocycles. The number of aliphatic carboxylic acids is 1. The number of fused-ring (bicyclic) bond motifs is 2. The van der Waals surface area contributed by atoms with Gasteiger partial charge in [0.05, 0.1) is 13.2 Å². The first kappa shape index (κ1) is 24.7. The van der Waals surface area contributed by atoms with Crippen LogP contribution in [0, 0.1) is 0 Å². The molecule has 0 radical (unpaired) electrons. The summed E-state index contributed by atoms with van der Waals surface area (Å²) in [7, 11) is 0. The van der Waals surface area contributed by atoms with E-state index in [-0.39, 0.29) is 13.2 Å². The molecule has 2 aromatic carbocycles. The summed E-state index contributed by atoms with van der Waals surface area (Å²) in [5.74, 6) is 1.25. The fourth-order valence-corrected chi connectivity index (χ4v) is 3.26. The quantitative estimate of drug-likeness (QED) is 0.693. The highest BCUT2D eigenvalue weighted by molar-refractivity contribution is 5.72. The Kier molecular flexibility index (Phi) is 10.1. The Bertz CT molecular complexity index is 800. The Balaban J connectivity index is 1.78. The number of hydrogen-bond donors (Lipinski definition) is 1. The van der Waals surface area contributed by atoms with E-state index in [2.05, 4.69) is 0 Å². The molecule has 8 heteroatoms. The molecule has 1 aliphatic rings. The predicted octanol–water partition coefficient (Wildman–Crippen LogP) is 3.96. The zero-order valence-electron chi connectivity index (χ0n) is 18.9. The van der Waals surface area contributed by atoms with Crippen LogP contribution in [-0.4, -0.2) is 62.9 Å². The molecule has 33 heavy (non-hydrogen) atoms. The zero-order valence-corrected chi connectivity index (χ0v) is 18.9. The molecule has 0 bridgehead atoms. The highest BCUT2D eigenvalue weighted by atomic mass is 16.6. The molecule has 0 fully saturated rings. The third-order valence-electron chi connectivity index (χ3n) is 4.97. The number of rotatable bonds is 6. The number of hydrogen-bond acceptors (Lipinski definition) is 7. The minimum absolute atomic E-state index is 0.0931. The predicted molar refractivity (Wildman–Crippen MR) is 122 cm³/mol. The Labute approximate surface area is 194 Å². The van der Waals surface area contributed by atoms with Crippen molar-refractivity contribution in [3.63, 3.8) is 0 Å². The average Bonchev–Trinajstić information content (AvgIpc) is 2.82. The van der Waals surface area contributed by atoms with Crippen LogP contribution in [0.3, 0.4) is 0 Å². The molecule has 0 spiro atoms. The van der Waals surface area contributed by atoms with Crippen LogP contribution in [0.1, 0.15) is 26.2 Å². The number of unbranched alkanes of at least 4 members (excludes halogenated alkanes) is 1. The Morgan fingerprint density at radius 1 is 0.879 bits per heavy atom. The number of carboxylic acids is 1. The molecule has 0 saturated heterocycles. The first-order chi connectivity index (χ1) is 16.2. The van der Waals surface area contributed by atoms with Crippen LogP contribution in [0.25, 0.3) is 0 Å². The average molecular weight is 461 g/mol. The fourth-order valence-electron chi connectivity index (χ4n) is 3.26. The topological polar surface area (TPSA) is 92.7 Å². The van der Waals surface area contributed by atoms with Crippen molar-refractivity contribution < 1.29 is 38.3 Å². The maximum Gasteiger partial charge on any atom is 0.332 e. The van der Waals surface area contributed by atoms with Gasteiger partial charge >= 0.3 is 5.97 Å². The standard InChI is InChI=1S/C25H32O8/c1-2-3-8-24(25(26)27)33-19-17-31-22-11-6-4-9-20(22)29-15-13-28-14-16-30-21-10-5-7-12-23(21)32-18-19/h4-7,9-12,19,24H,2-3,8,13-18H2,1H3,(H,26,27). The molecular formula is C25H32O8. The lowest BCUT2D eigenvalue weighted by Crippen LogP contribution is -2.36. The monoisotopic (exact) mass is 460 g/mol. The fraction of sp³-hybridized carbons (Fsp3) is 0.480. The van der Waals surface area contributed by atoms with Crippen molar-refractivity contribution in [1.29, 1.82) is 0 Å². The van der Waals surface area contributed by atoms with Gasteiger partial charge in [-0.05, 0) is 30.7 Å². The molecule has 3 rings (SSSR count). The van der Waals surface area contributed by atoms with E-state index < -0.39 is 18.2 Å². The lowest BCUT2D eigenvalue weighted by Gasteiger charge is -2.24. The summed E-state index contributed by atoms with van der Waals surface area (Å²) in [6.07, 6.45) is 0.482. The van der Waals surface area contributed by atoms with Crippen molar-refractivity contribution in [3.05, 3.63) is 48.5 Å². The molecule has 1 aliphatic heterocycles. The molecular weight excluding hydrogens is 428 g/mol. The van der Waals surface area contributed by atoms with Gasteiger partial charge in [-0.25, -0.2) is 4.79 Å². The van der Waals surface area contributed by atoms with Crippen molar-refractivity contribution in [3.8, 4) is 23.0 Å². The van der Waals surface area contributed by atoms with Crippen LogP contribution in [0.15, 0.2) is 48.5 Å². The highest BCUT2D eigenvalue weighted by Gasteiger charge is 2.24. The van der Waals surface area contributed by atoms with Crippen molar-refractivity contribution in [2.75, 3.05) is 39.6 Å². The molecule has 2 aromatic rings. The molecule has 1 heterocycles. The Hall–Kier alpha value is -2.97. The van der Waals surface area contributed by atoms with Crippen molar-refractivity contribution in [2.24, 2.45) is 0 Å². The van der Waals surface area contributed by atoms with E-state index in [1.165, 1.54) is 0 Å². The molecule has 180 valence electrons. The Morgan fingerprint density at radius 3 is 1.82 bits per heavy atom. The van der Waals surface area contributed by atoms with E-state index in [0.717, 1.165) is 12.8 Å². The third kappa shape index (κ3) is 8.14. The van der Waals surface area contributed by atoms with Gasteiger partial charge in [-0.2, -0.15) is 0 Å². The lowest BCUT2D eigenvalue weighted by atomic mass is 10.1. The first-order valence-corrected chi connectivity index (χ1v) is 11.3. The molecule has 8 nitrogen and oxygen atoms in total. The molecule has 1 N–H and O–H groups in total. The van der Waals surface area contributed by atoms with Gasteiger partial charge in [-0.3, -0.25) is 0 Å². The van der Waals surface area contributed by atoms with Crippen LogP contribution in [-0.2, 0) is 14.3 Å². The summed E-state index contributed by atoms with van der Waals surface area (Å²) >= 11 is 0. The second-order valence-corrected chi connectivity index (χ2v) is 7.55. The largest absolute Gasteiger partial charge is 0.487 e. The molecule has 1 unspecified atom stereocenters. The minimum Gasteiger partial charge on any atom is -0.487 e. The van der Waals surface area contributed by atoms with Crippen molar-refractivity contribution >= 4 is 5.97 Å². The first-order valence-electron chi connectivity index (χ1n) is 11.3. The van der Waals surface area contributed by atoms with Gasteiger partial charge in [0, 0.05) is 0 Å². The number of ether oxygens (including phenoxy) is 6. The summed E-state index contributed by atoms with van der Waals surface area (Å²) in [5.41, 5.74) is 0. The number of para-hydroxylation sites is 4. The van der Waals surface area contributed by atoms with Crippen LogP contribution in [0.2, 0.25) is 0 Å². The van der Waals surface area contributed by atoms with Crippen molar-refractivity contribution in [2.45, 2.75) is 38.4 Å². The van der Waals surface area contributed by atoms with E-state index in [1.807, 2.05) is 43.3 Å². The van der Waals surface area contributed by atoms with E-state index in [1.54, 1.807) is 12.1 Å². The van der Waals surface area contributed by atoms with E-state index in [9.17, 15) is 9.90 Å². The zero-order chi connectivity index (χ0) is 23.3. The Morgan fingerprint density at radius 2 is 1.36 bits per heavy atom. The number of carbonyl (C=O) groups is 1. The maximum absolute atomic E-state index is 11.7. The SMILES string of the molecule is CCCCC(OC1COc2ccccc2OCCOCCOc2ccccc2OC1)C(=O)O. The third-order valence-corrected chi connectivity index (χ3v) is 4.97. The second-order valence-electron chi connectivity index (χ2n) is 7.55. The second kappa shape index (κ2) is 13.5. The van der Waals surface area contributed by atoms with Crippen LogP contribution >= 0.6 is 0 Å². The number of benzene rings is 2. The summed E-state index contributed by atoms with van der Waals surface area (Å²) in [6, 6.07) is 14.6. The van der Waals surface area contributed by atoms with Gasteiger partial charge in [0.15, 0.2) is 29.1 Å². The van der Waals surface area contributed by atoms with E-state index in [4.69, 9.17) is 28.4 Å². The van der Waals surface area contributed by atoms with E-state index in [0.29, 0.717) is 55.8 Å². The highest BCUT2D eigenvalue weighted by Crippen LogP contribution is 2.29. The summed E-state index contributed by atoms with van der Waals surface area (Å²) in [6.45, 7) is 3.72. The van der Waals surface area contributed by atoms with Gasteiger partial charge in [-0.1, -0.05) is 44.0 Å². The van der Waals surface area contributed by atoms with Gasteiger partial charge in [0.2, 0.25) is 0 Å². The lowest BCUT2D eigenvalue weighted by molar-refractivity contribution is -0.157. The molecule has 0 amide bonds. The maximum atomic E-state index is 11.7. The van der Waals surface area contributed by atoms with Crippen LogP contribution in [0.4, 0.5) is 0 Å².